The average Bonchev–Trinajstić information content (AvgIpc) is 2.70. The Kier molecular flexibility index (Phi) is 6.36. The third kappa shape index (κ3) is 5.89. The van der Waals surface area contributed by atoms with Crippen molar-refractivity contribution in [2.45, 2.75) is 6.18 Å². The van der Waals surface area contributed by atoms with Crippen LogP contribution in [0.15, 0.2) is 66.7 Å². The maximum atomic E-state index is 12.9. The van der Waals surface area contributed by atoms with E-state index in [1.54, 1.807) is 12.1 Å². The van der Waals surface area contributed by atoms with E-state index in [0.29, 0.717) is 17.2 Å². The molecule has 160 valence electrons. The van der Waals surface area contributed by atoms with Crippen LogP contribution in [0, 0.1) is 0 Å². The molecule has 0 aromatic heterocycles. The third-order valence-corrected chi connectivity index (χ3v) is 4.31. The van der Waals surface area contributed by atoms with Gasteiger partial charge in [0, 0.05) is 11.4 Å². The van der Waals surface area contributed by atoms with Gasteiger partial charge in [0.15, 0.2) is 0 Å². The number of carboxylic acids is 1. The number of benzene rings is 3. The van der Waals surface area contributed by atoms with Gasteiger partial charge in [0.1, 0.15) is 11.5 Å². The number of amides is 2. The molecule has 3 rings (SSSR count). The molecule has 31 heavy (non-hydrogen) atoms. The molecule has 0 saturated carbocycles. The number of alkyl halides is 3. The van der Waals surface area contributed by atoms with Crippen molar-refractivity contribution in [1.82, 2.24) is 0 Å². The second-order valence-electron chi connectivity index (χ2n) is 6.23. The van der Waals surface area contributed by atoms with E-state index in [1.165, 1.54) is 42.5 Å². The Balaban J connectivity index is 1.61. The van der Waals surface area contributed by atoms with Crippen LogP contribution in [0.4, 0.5) is 29.3 Å². The molecule has 0 unspecified atom stereocenters. The number of rotatable bonds is 5. The molecule has 0 spiro atoms. The SMILES string of the molecule is O=C(Nc1ccc(Oc2ccc(C(=O)O)cc2)cc1)Nc1ccc(Cl)c(C(F)(F)F)c1. The van der Waals surface area contributed by atoms with E-state index in [4.69, 9.17) is 21.4 Å². The molecular weight excluding hydrogens is 437 g/mol. The fourth-order valence-corrected chi connectivity index (χ4v) is 2.75. The Bertz CT molecular complexity index is 1100. The summed E-state index contributed by atoms with van der Waals surface area (Å²) in [5, 5.41) is 13.2. The molecule has 0 fully saturated rings. The highest BCUT2D eigenvalue weighted by atomic mass is 35.5. The summed E-state index contributed by atoms with van der Waals surface area (Å²) in [5.74, 6) is -0.193. The van der Waals surface area contributed by atoms with E-state index >= 15 is 0 Å². The van der Waals surface area contributed by atoms with Crippen molar-refractivity contribution < 1.29 is 32.6 Å². The van der Waals surface area contributed by atoms with Crippen LogP contribution in [0.2, 0.25) is 5.02 Å². The molecule has 0 radical (unpaired) electrons. The largest absolute Gasteiger partial charge is 0.478 e. The summed E-state index contributed by atoms with van der Waals surface area (Å²) in [6, 6.07) is 14.3. The van der Waals surface area contributed by atoms with Gasteiger partial charge >= 0.3 is 18.2 Å². The van der Waals surface area contributed by atoms with E-state index < -0.39 is 28.8 Å². The first-order chi connectivity index (χ1) is 14.6. The molecule has 10 heteroatoms. The standard InChI is InChI=1S/C21H14ClF3N2O4/c22-18-10-5-14(11-17(18)21(23,24)25)27-20(30)26-13-3-8-16(9-4-13)31-15-6-1-12(2-7-15)19(28)29/h1-11H,(H,28,29)(H2,26,27,30). The highest BCUT2D eigenvalue weighted by molar-refractivity contribution is 6.31. The number of carbonyl (C=O) groups excluding carboxylic acids is 1. The predicted octanol–water partition coefficient (Wildman–Crippen LogP) is 6.49. The lowest BCUT2D eigenvalue weighted by Gasteiger charge is -2.12. The van der Waals surface area contributed by atoms with Gasteiger partial charge in [0.05, 0.1) is 16.1 Å². The Hall–Kier alpha value is -3.72. The van der Waals surface area contributed by atoms with Crippen molar-refractivity contribution in [3.63, 3.8) is 0 Å². The smallest absolute Gasteiger partial charge is 0.417 e. The molecule has 3 aromatic rings. The number of hydrogen-bond donors (Lipinski definition) is 3. The molecule has 0 bridgehead atoms. The fraction of sp³-hybridized carbons (Fsp3) is 0.0476. The van der Waals surface area contributed by atoms with Crippen molar-refractivity contribution in [2.75, 3.05) is 10.6 Å². The van der Waals surface area contributed by atoms with Gasteiger partial charge in [-0.15, -0.1) is 0 Å². The number of carbonyl (C=O) groups is 2. The molecule has 0 aliphatic heterocycles. The van der Waals surface area contributed by atoms with Crippen molar-refractivity contribution in [2.24, 2.45) is 0 Å². The summed E-state index contributed by atoms with van der Waals surface area (Å²) in [5.41, 5.74) is -0.624. The molecule has 3 N–H and O–H groups in total. The number of hydrogen-bond acceptors (Lipinski definition) is 3. The molecule has 6 nitrogen and oxygen atoms in total. The Morgan fingerprint density at radius 3 is 1.90 bits per heavy atom. The zero-order valence-electron chi connectivity index (χ0n) is 15.5. The molecule has 0 heterocycles. The lowest BCUT2D eigenvalue weighted by molar-refractivity contribution is -0.137. The van der Waals surface area contributed by atoms with Crippen LogP contribution in [-0.4, -0.2) is 17.1 Å². The highest BCUT2D eigenvalue weighted by Gasteiger charge is 2.33. The number of carboxylic acid groups (broad SMARTS) is 1. The number of nitrogens with one attached hydrogen (secondary N) is 2. The van der Waals surface area contributed by atoms with E-state index in [-0.39, 0.29) is 11.3 Å². The summed E-state index contributed by atoms with van der Waals surface area (Å²) in [6.07, 6.45) is -4.64. The summed E-state index contributed by atoms with van der Waals surface area (Å²) in [7, 11) is 0. The highest BCUT2D eigenvalue weighted by Crippen LogP contribution is 2.36. The lowest BCUT2D eigenvalue weighted by atomic mass is 10.2. The number of aromatic carboxylic acids is 1. The van der Waals surface area contributed by atoms with Gasteiger partial charge < -0.3 is 20.5 Å². The van der Waals surface area contributed by atoms with Crippen LogP contribution >= 0.6 is 11.6 Å². The first kappa shape index (κ1) is 22.0. The minimum Gasteiger partial charge on any atom is -0.478 e. The van der Waals surface area contributed by atoms with Crippen molar-refractivity contribution >= 4 is 35.0 Å². The van der Waals surface area contributed by atoms with Crippen molar-refractivity contribution in [1.29, 1.82) is 0 Å². The Morgan fingerprint density at radius 1 is 0.839 bits per heavy atom. The predicted molar refractivity (Wildman–Crippen MR) is 109 cm³/mol. The average molecular weight is 451 g/mol. The number of anilines is 2. The van der Waals surface area contributed by atoms with Gasteiger partial charge in [0.25, 0.3) is 0 Å². The number of halogens is 4. The van der Waals surface area contributed by atoms with Crippen LogP contribution in [0.25, 0.3) is 0 Å². The second-order valence-corrected chi connectivity index (χ2v) is 6.63. The molecule has 3 aromatic carbocycles. The van der Waals surface area contributed by atoms with Crippen molar-refractivity contribution in [3.8, 4) is 11.5 Å². The lowest BCUT2D eigenvalue weighted by Crippen LogP contribution is -2.19. The summed E-state index contributed by atoms with van der Waals surface area (Å²) < 4.78 is 44.3. The van der Waals surface area contributed by atoms with E-state index in [0.717, 1.165) is 12.1 Å². The summed E-state index contributed by atoms with van der Waals surface area (Å²) >= 11 is 5.56. The first-order valence-electron chi connectivity index (χ1n) is 8.68. The van der Waals surface area contributed by atoms with Gasteiger partial charge in [-0.2, -0.15) is 13.2 Å². The Morgan fingerprint density at radius 2 is 1.35 bits per heavy atom. The topological polar surface area (TPSA) is 87.7 Å². The van der Waals surface area contributed by atoms with Crippen molar-refractivity contribution in [3.05, 3.63) is 82.9 Å². The molecule has 0 atom stereocenters. The molecule has 0 aliphatic carbocycles. The van der Waals surface area contributed by atoms with Gasteiger partial charge in [-0.1, -0.05) is 11.6 Å². The van der Waals surface area contributed by atoms with Gasteiger partial charge in [-0.05, 0) is 66.7 Å². The monoisotopic (exact) mass is 450 g/mol. The fourth-order valence-electron chi connectivity index (χ4n) is 2.52. The first-order valence-corrected chi connectivity index (χ1v) is 9.05. The third-order valence-electron chi connectivity index (χ3n) is 3.98. The maximum absolute atomic E-state index is 12.9. The molecule has 0 saturated heterocycles. The number of ether oxygens (including phenoxy) is 1. The zero-order valence-corrected chi connectivity index (χ0v) is 16.3. The Labute approximate surface area is 179 Å². The van der Waals surface area contributed by atoms with Crippen LogP contribution in [0.5, 0.6) is 11.5 Å². The summed E-state index contributed by atoms with van der Waals surface area (Å²) in [6.45, 7) is 0. The molecule has 2 amide bonds. The van der Waals surface area contributed by atoms with Gasteiger partial charge in [-0.3, -0.25) is 0 Å². The summed E-state index contributed by atoms with van der Waals surface area (Å²) in [4.78, 5) is 22.9. The number of urea groups is 1. The van der Waals surface area contributed by atoms with Crippen LogP contribution in [0.1, 0.15) is 15.9 Å². The minimum absolute atomic E-state index is 0.0704. The second kappa shape index (κ2) is 8.97. The minimum atomic E-state index is -4.64. The zero-order chi connectivity index (χ0) is 22.6. The molecular formula is C21H14ClF3N2O4. The van der Waals surface area contributed by atoms with Gasteiger partial charge in [-0.25, -0.2) is 9.59 Å². The van der Waals surface area contributed by atoms with Gasteiger partial charge in [0.2, 0.25) is 0 Å². The van der Waals surface area contributed by atoms with E-state index in [1.807, 2.05) is 0 Å². The molecule has 0 aliphatic rings. The van der Waals surface area contributed by atoms with E-state index in [9.17, 15) is 22.8 Å². The van der Waals surface area contributed by atoms with Crippen LogP contribution in [-0.2, 0) is 6.18 Å². The quantitative estimate of drug-likeness (QED) is 0.414. The van der Waals surface area contributed by atoms with Crippen LogP contribution in [0.3, 0.4) is 0 Å². The van der Waals surface area contributed by atoms with Crippen LogP contribution < -0.4 is 15.4 Å². The maximum Gasteiger partial charge on any atom is 0.417 e. The van der Waals surface area contributed by atoms with E-state index in [2.05, 4.69) is 10.6 Å². The normalized spacial score (nSPS) is 11.0.